The number of likely N-dealkylation sites (tertiary alicyclic amines) is 1. The fraction of sp³-hybridized carbons (Fsp3) is 0.519. The van der Waals surface area contributed by atoms with E-state index < -0.39 is 5.97 Å². The minimum absolute atomic E-state index is 0.0290. The van der Waals surface area contributed by atoms with E-state index in [0.29, 0.717) is 18.0 Å². The van der Waals surface area contributed by atoms with Gasteiger partial charge in [-0.05, 0) is 75.3 Å². The SMILES string of the molecule is Cc1ccc2c(c1)OC(C)(C)[C@@H]1C[C@H]3CN(Cc4cc(C)c(O)c(C(=O)O)c4)CC[C@H]3O[C@@H]21. The second-order valence-corrected chi connectivity index (χ2v) is 10.6. The highest BCUT2D eigenvalue weighted by atomic mass is 16.5. The largest absolute Gasteiger partial charge is 0.507 e. The standard InChI is InChI=1S/C27H33NO5/c1-15-5-6-19-23(9-15)33-27(3,4)21-12-18-14-28(8-7-22(18)32-25(19)21)13-17-10-16(2)24(29)20(11-17)26(30)31/h5-6,9-11,18,21-22,25,29H,7-8,12-14H2,1-4H3,(H,30,31)/t18-,21+,22+,25-/m0/s1. The van der Waals surface area contributed by atoms with Gasteiger partial charge in [0.2, 0.25) is 0 Å². The van der Waals surface area contributed by atoms with Crippen molar-refractivity contribution >= 4 is 5.97 Å². The van der Waals surface area contributed by atoms with Gasteiger partial charge in [0.1, 0.15) is 22.7 Å². The highest BCUT2D eigenvalue weighted by Crippen LogP contribution is 2.53. The second kappa shape index (κ2) is 8.03. The first kappa shape index (κ1) is 22.2. The number of hydrogen-bond donors (Lipinski definition) is 2. The van der Waals surface area contributed by atoms with E-state index in [4.69, 9.17) is 9.47 Å². The Labute approximate surface area is 195 Å². The summed E-state index contributed by atoms with van der Waals surface area (Å²) in [5.74, 6) is 0.397. The fourth-order valence-corrected chi connectivity index (χ4v) is 6.00. The molecule has 0 unspecified atom stereocenters. The predicted octanol–water partition coefficient (Wildman–Crippen LogP) is 4.85. The lowest BCUT2D eigenvalue weighted by molar-refractivity contribution is -0.187. The maximum atomic E-state index is 11.5. The van der Waals surface area contributed by atoms with Gasteiger partial charge in [-0.3, -0.25) is 4.90 Å². The molecule has 0 radical (unpaired) electrons. The number of fused-ring (bicyclic) bond motifs is 4. The van der Waals surface area contributed by atoms with Gasteiger partial charge in [-0.15, -0.1) is 0 Å². The minimum atomic E-state index is -1.10. The van der Waals surface area contributed by atoms with Crippen molar-refractivity contribution in [3.8, 4) is 11.5 Å². The number of benzene rings is 2. The van der Waals surface area contributed by atoms with E-state index in [1.54, 1.807) is 13.0 Å². The Morgan fingerprint density at radius 2 is 2.00 bits per heavy atom. The molecule has 0 amide bonds. The van der Waals surface area contributed by atoms with Gasteiger partial charge < -0.3 is 19.7 Å². The molecule has 2 saturated heterocycles. The molecule has 176 valence electrons. The van der Waals surface area contributed by atoms with Crippen LogP contribution in [0.1, 0.15) is 65.4 Å². The average molecular weight is 452 g/mol. The fourth-order valence-electron chi connectivity index (χ4n) is 6.00. The molecule has 6 nitrogen and oxygen atoms in total. The normalized spacial score (nSPS) is 28.2. The number of piperidine rings is 1. The molecule has 0 spiro atoms. The van der Waals surface area contributed by atoms with Crippen molar-refractivity contribution < 1.29 is 24.5 Å². The van der Waals surface area contributed by atoms with Crippen LogP contribution in [0.2, 0.25) is 0 Å². The summed E-state index contributed by atoms with van der Waals surface area (Å²) in [5, 5.41) is 19.5. The summed E-state index contributed by atoms with van der Waals surface area (Å²) in [7, 11) is 0. The predicted molar refractivity (Wildman–Crippen MR) is 125 cm³/mol. The van der Waals surface area contributed by atoms with Crippen LogP contribution in [-0.4, -0.2) is 45.9 Å². The average Bonchev–Trinajstić information content (AvgIpc) is 2.74. The monoisotopic (exact) mass is 451 g/mol. The molecule has 33 heavy (non-hydrogen) atoms. The zero-order valence-corrected chi connectivity index (χ0v) is 19.8. The van der Waals surface area contributed by atoms with Gasteiger partial charge in [0.15, 0.2) is 0 Å². The quantitative estimate of drug-likeness (QED) is 0.695. The summed E-state index contributed by atoms with van der Waals surface area (Å²) in [6.07, 6.45) is 2.29. The highest BCUT2D eigenvalue weighted by Gasteiger charge is 2.51. The number of phenols is 1. The van der Waals surface area contributed by atoms with Gasteiger partial charge >= 0.3 is 5.97 Å². The molecule has 4 atom stereocenters. The molecular weight excluding hydrogens is 418 g/mol. The summed E-state index contributed by atoms with van der Waals surface area (Å²) in [6.45, 7) is 10.7. The topological polar surface area (TPSA) is 79.2 Å². The first-order chi connectivity index (χ1) is 15.6. The lowest BCUT2D eigenvalue weighted by atomic mass is 9.70. The van der Waals surface area contributed by atoms with E-state index >= 15 is 0 Å². The molecule has 2 N–H and O–H groups in total. The number of aryl methyl sites for hydroxylation is 2. The molecule has 0 aromatic heterocycles. The molecular formula is C27H33NO5. The number of carboxylic acids is 1. The van der Waals surface area contributed by atoms with Gasteiger partial charge in [0.05, 0.1) is 12.2 Å². The maximum absolute atomic E-state index is 11.5. The van der Waals surface area contributed by atoms with E-state index in [0.717, 1.165) is 37.2 Å². The Morgan fingerprint density at radius 1 is 1.21 bits per heavy atom. The lowest BCUT2D eigenvalue weighted by Gasteiger charge is -2.53. The van der Waals surface area contributed by atoms with Crippen molar-refractivity contribution in [3.05, 3.63) is 58.1 Å². The van der Waals surface area contributed by atoms with Crippen molar-refractivity contribution in [1.82, 2.24) is 4.90 Å². The maximum Gasteiger partial charge on any atom is 0.339 e. The number of carbonyl (C=O) groups is 1. The van der Waals surface area contributed by atoms with Crippen molar-refractivity contribution in [2.75, 3.05) is 13.1 Å². The van der Waals surface area contributed by atoms with Gasteiger partial charge in [-0.2, -0.15) is 0 Å². The zero-order chi connectivity index (χ0) is 23.5. The molecule has 2 aromatic carbocycles. The van der Waals surface area contributed by atoms with Gasteiger partial charge in [0, 0.05) is 31.1 Å². The smallest absolute Gasteiger partial charge is 0.339 e. The van der Waals surface area contributed by atoms with Crippen molar-refractivity contribution in [2.45, 2.75) is 64.9 Å². The summed E-state index contributed by atoms with van der Waals surface area (Å²) in [5.41, 5.74) is 3.55. The molecule has 3 aliphatic heterocycles. The third kappa shape index (κ3) is 4.00. The Bertz CT molecular complexity index is 1090. The van der Waals surface area contributed by atoms with Crippen LogP contribution >= 0.6 is 0 Å². The first-order valence-corrected chi connectivity index (χ1v) is 11.9. The number of ether oxygens (including phenoxy) is 2. The summed E-state index contributed by atoms with van der Waals surface area (Å²) in [6, 6.07) is 9.91. The summed E-state index contributed by atoms with van der Waals surface area (Å²) in [4.78, 5) is 13.9. The van der Waals surface area contributed by atoms with Crippen LogP contribution in [0, 0.1) is 25.7 Å². The Kier molecular flexibility index (Phi) is 5.41. The number of nitrogens with zero attached hydrogens (tertiary/aromatic N) is 1. The molecule has 2 aromatic rings. The lowest BCUT2D eigenvalue weighted by Crippen LogP contribution is -2.55. The molecule has 2 fully saturated rings. The van der Waals surface area contributed by atoms with Gasteiger partial charge in [-0.1, -0.05) is 18.2 Å². The number of aromatic hydroxyl groups is 1. The van der Waals surface area contributed by atoms with Gasteiger partial charge in [-0.25, -0.2) is 4.79 Å². The van der Waals surface area contributed by atoms with Crippen LogP contribution in [0.15, 0.2) is 30.3 Å². The van der Waals surface area contributed by atoms with E-state index in [9.17, 15) is 15.0 Å². The molecule has 3 aliphatic rings. The molecule has 5 rings (SSSR count). The first-order valence-electron chi connectivity index (χ1n) is 11.9. The zero-order valence-electron chi connectivity index (χ0n) is 19.8. The number of rotatable bonds is 3. The van der Waals surface area contributed by atoms with Crippen LogP contribution in [-0.2, 0) is 11.3 Å². The molecule has 0 aliphatic carbocycles. The number of carboxylic acid groups (broad SMARTS) is 1. The Balaban J connectivity index is 1.34. The molecule has 6 heteroatoms. The van der Waals surface area contributed by atoms with E-state index in [2.05, 4.69) is 43.9 Å². The van der Waals surface area contributed by atoms with E-state index in [1.807, 2.05) is 6.07 Å². The summed E-state index contributed by atoms with van der Waals surface area (Å²) < 4.78 is 13.2. The van der Waals surface area contributed by atoms with E-state index in [1.165, 1.54) is 11.1 Å². The third-order valence-electron chi connectivity index (χ3n) is 7.73. The van der Waals surface area contributed by atoms with Crippen molar-refractivity contribution in [2.24, 2.45) is 11.8 Å². The molecule has 3 heterocycles. The Hall–Kier alpha value is -2.57. The number of hydrogen-bond acceptors (Lipinski definition) is 5. The van der Waals surface area contributed by atoms with Crippen LogP contribution in [0.5, 0.6) is 11.5 Å². The van der Waals surface area contributed by atoms with Crippen molar-refractivity contribution in [1.29, 1.82) is 0 Å². The Morgan fingerprint density at radius 3 is 2.76 bits per heavy atom. The van der Waals surface area contributed by atoms with Crippen LogP contribution < -0.4 is 4.74 Å². The van der Waals surface area contributed by atoms with Gasteiger partial charge in [0.25, 0.3) is 0 Å². The minimum Gasteiger partial charge on any atom is -0.507 e. The number of aromatic carboxylic acids is 1. The molecule has 0 saturated carbocycles. The van der Waals surface area contributed by atoms with Crippen LogP contribution in [0.4, 0.5) is 0 Å². The summed E-state index contributed by atoms with van der Waals surface area (Å²) >= 11 is 0. The molecule has 0 bridgehead atoms. The van der Waals surface area contributed by atoms with E-state index in [-0.39, 0.29) is 35.0 Å². The van der Waals surface area contributed by atoms with Crippen LogP contribution in [0.25, 0.3) is 0 Å². The third-order valence-corrected chi connectivity index (χ3v) is 7.73. The second-order valence-electron chi connectivity index (χ2n) is 10.6. The van der Waals surface area contributed by atoms with Crippen LogP contribution in [0.3, 0.4) is 0 Å². The van der Waals surface area contributed by atoms with Crippen molar-refractivity contribution in [3.63, 3.8) is 0 Å². The highest BCUT2D eigenvalue weighted by molar-refractivity contribution is 5.91.